The van der Waals surface area contributed by atoms with Crippen LogP contribution in [0.1, 0.15) is 37.9 Å². The largest absolute Gasteiger partial charge is 0.303 e. The van der Waals surface area contributed by atoms with E-state index in [2.05, 4.69) is 46.9 Å². The summed E-state index contributed by atoms with van der Waals surface area (Å²) < 4.78 is 2.13. The van der Waals surface area contributed by atoms with Gasteiger partial charge in [-0.1, -0.05) is 43.6 Å². The van der Waals surface area contributed by atoms with E-state index < -0.39 is 0 Å². The van der Waals surface area contributed by atoms with Crippen LogP contribution in [0.5, 0.6) is 0 Å². The van der Waals surface area contributed by atoms with Gasteiger partial charge in [0.15, 0.2) is 0 Å². The van der Waals surface area contributed by atoms with Crippen molar-refractivity contribution in [2.24, 2.45) is 0 Å². The highest BCUT2D eigenvalue weighted by Crippen LogP contribution is 2.30. The Balaban J connectivity index is 1.86. The minimum absolute atomic E-state index is 0.0521. The third-order valence-electron chi connectivity index (χ3n) is 4.71. The van der Waals surface area contributed by atoms with Crippen LogP contribution in [0.2, 0.25) is 5.02 Å². The molecule has 0 aliphatic carbocycles. The number of aromatic nitrogens is 2. The van der Waals surface area contributed by atoms with Crippen LogP contribution < -0.4 is 5.32 Å². The Hall–Kier alpha value is -1.84. The Kier molecular flexibility index (Phi) is 4.69. The second kappa shape index (κ2) is 6.73. The standard InChI is InChI=1S/C19H22ClN3/c1-3-19(4-2,15-8-10-16(20)11-9-15)22-14-17-13-21-18-7-5-6-12-23(17)18/h5-13,22H,3-4,14H2,1-2H3. The van der Waals surface area contributed by atoms with E-state index in [4.69, 9.17) is 11.6 Å². The predicted molar refractivity (Wildman–Crippen MR) is 95.7 cm³/mol. The summed E-state index contributed by atoms with van der Waals surface area (Å²) in [6.45, 7) is 5.22. The second-order valence-electron chi connectivity index (χ2n) is 5.83. The van der Waals surface area contributed by atoms with Crippen LogP contribution in [0.3, 0.4) is 0 Å². The van der Waals surface area contributed by atoms with Gasteiger partial charge in [-0.3, -0.25) is 0 Å². The Morgan fingerprint density at radius 1 is 1.09 bits per heavy atom. The lowest BCUT2D eigenvalue weighted by atomic mass is 9.84. The van der Waals surface area contributed by atoms with Crippen LogP contribution in [0.15, 0.2) is 54.9 Å². The fraction of sp³-hybridized carbons (Fsp3) is 0.316. The van der Waals surface area contributed by atoms with Gasteiger partial charge in [0, 0.05) is 23.3 Å². The summed E-state index contributed by atoms with van der Waals surface area (Å²) in [5, 5.41) is 4.53. The SMILES string of the molecule is CCC(CC)(NCc1cnc2ccccn12)c1ccc(Cl)cc1. The molecule has 0 atom stereocenters. The molecular formula is C19H22ClN3. The lowest BCUT2D eigenvalue weighted by Gasteiger charge is -2.34. The molecule has 0 fully saturated rings. The Morgan fingerprint density at radius 2 is 1.83 bits per heavy atom. The second-order valence-corrected chi connectivity index (χ2v) is 6.26. The van der Waals surface area contributed by atoms with Crippen LogP contribution in [0.4, 0.5) is 0 Å². The topological polar surface area (TPSA) is 29.3 Å². The van der Waals surface area contributed by atoms with Crippen molar-refractivity contribution >= 4 is 17.2 Å². The number of nitrogens with one attached hydrogen (secondary N) is 1. The van der Waals surface area contributed by atoms with Crippen molar-refractivity contribution in [1.82, 2.24) is 14.7 Å². The average molecular weight is 328 g/mol. The molecule has 1 aromatic carbocycles. The lowest BCUT2D eigenvalue weighted by Crippen LogP contribution is -2.41. The Bertz CT molecular complexity index is 773. The van der Waals surface area contributed by atoms with Gasteiger partial charge < -0.3 is 9.72 Å². The summed E-state index contributed by atoms with van der Waals surface area (Å²) in [6, 6.07) is 14.2. The molecule has 120 valence electrons. The van der Waals surface area contributed by atoms with Crippen LogP contribution in [-0.2, 0) is 12.1 Å². The number of fused-ring (bicyclic) bond motifs is 1. The molecule has 3 nitrogen and oxygen atoms in total. The summed E-state index contributed by atoms with van der Waals surface area (Å²) >= 11 is 6.04. The van der Waals surface area contributed by atoms with Gasteiger partial charge >= 0.3 is 0 Å². The third kappa shape index (κ3) is 3.12. The molecule has 0 amide bonds. The summed E-state index contributed by atoms with van der Waals surface area (Å²) in [5.74, 6) is 0. The average Bonchev–Trinajstić information content (AvgIpc) is 3.01. The molecule has 0 bridgehead atoms. The predicted octanol–water partition coefficient (Wildman–Crippen LogP) is 4.79. The first-order valence-corrected chi connectivity index (χ1v) is 8.48. The van der Waals surface area contributed by atoms with Crippen LogP contribution in [0.25, 0.3) is 5.65 Å². The van der Waals surface area contributed by atoms with E-state index in [1.54, 1.807) is 0 Å². The molecule has 0 saturated carbocycles. The smallest absolute Gasteiger partial charge is 0.136 e. The minimum Gasteiger partial charge on any atom is -0.303 e. The maximum absolute atomic E-state index is 6.04. The fourth-order valence-electron chi connectivity index (χ4n) is 3.15. The zero-order chi connectivity index (χ0) is 16.3. The molecule has 1 N–H and O–H groups in total. The van der Waals surface area contributed by atoms with E-state index in [0.29, 0.717) is 0 Å². The molecule has 0 aliphatic heterocycles. The number of benzene rings is 1. The number of hydrogen-bond donors (Lipinski definition) is 1. The van der Waals surface area contributed by atoms with E-state index in [1.807, 2.05) is 36.5 Å². The van der Waals surface area contributed by atoms with Crippen molar-refractivity contribution < 1.29 is 0 Å². The van der Waals surface area contributed by atoms with Gasteiger partial charge in [0.25, 0.3) is 0 Å². The molecule has 4 heteroatoms. The van der Waals surface area contributed by atoms with Crippen molar-refractivity contribution in [3.05, 3.63) is 71.1 Å². The number of imidazole rings is 1. The van der Waals surface area contributed by atoms with Gasteiger partial charge in [0.05, 0.1) is 11.9 Å². The Labute approximate surface area is 142 Å². The monoisotopic (exact) mass is 327 g/mol. The molecule has 0 radical (unpaired) electrons. The highest BCUT2D eigenvalue weighted by molar-refractivity contribution is 6.30. The van der Waals surface area contributed by atoms with Crippen LogP contribution in [-0.4, -0.2) is 9.38 Å². The molecule has 2 aromatic heterocycles. The van der Waals surface area contributed by atoms with Gasteiger partial charge in [-0.05, 0) is 42.7 Å². The van der Waals surface area contributed by atoms with E-state index in [0.717, 1.165) is 30.1 Å². The molecule has 3 aromatic rings. The number of pyridine rings is 1. The van der Waals surface area contributed by atoms with Crippen molar-refractivity contribution in [3.63, 3.8) is 0 Å². The van der Waals surface area contributed by atoms with E-state index in [1.165, 1.54) is 11.3 Å². The zero-order valence-corrected chi connectivity index (χ0v) is 14.3. The van der Waals surface area contributed by atoms with Gasteiger partial charge in [0.1, 0.15) is 5.65 Å². The normalized spacial score (nSPS) is 12.0. The molecule has 3 rings (SSSR count). The number of hydrogen-bond acceptors (Lipinski definition) is 2. The molecule has 23 heavy (non-hydrogen) atoms. The zero-order valence-electron chi connectivity index (χ0n) is 13.6. The minimum atomic E-state index is -0.0521. The maximum Gasteiger partial charge on any atom is 0.136 e. The van der Waals surface area contributed by atoms with Crippen molar-refractivity contribution in [2.75, 3.05) is 0 Å². The van der Waals surface area contributed by atoms with Crippen molar-refractivity contribution in [3.8, 4) is 0 Å². The van der Waals surface area contributed by atoms with E-state index in [-0.39, 0.29) is 5.54 Å². The molecule has 0 unspecified atom stereocenters. The van der Waals surface area contributed by atoms with Crippen molar-refractivity contribution in [2.45, 2.75) is 38.8 Å². The van der Waals surface area contributed by atoms with Crippen molar-refractivity contribution in [1.29, 1.82) is 0 Å². The van der Waals surface area contributed by atoms with E-state index in [9.17, 15) is 0 Å². The Morgan fingerprint density at radius 3 is 2.52 bits per heavy atom. The van der Waals surface area contributed by atoms with Gasteiger partial charge in [0.2, 0.25) is 0 Å². The quantitative estimate of drug-likeness (QED) is 0.705. The highest BCUT2D eigenvalue weighted by atomic mass is 35.5. The first-order valence-electron chi connectivity index (χ1n) is 8.10. The van der Waals surface area contributed by atoms with E-state index >= 15 is 0 Å². The number of rotatable bonds is 6. The molecular weight excluding hydrogens is 306 g/mol. The van der Waals surface area contributed by atoms with Crippen LogP contribution in [0, 0.1) is 0 Å². The van der Waals surface area contributed by atoms with Gasteiger partial charge in [-0.25, -0.2) is 4.98 Å². The van der Waals surface area contributed by atoms with Gasteiger partial charge in [-0.15, -0.1) is 0 Å². The summed E-state index contributed by atoms with van der Waals surface area (Å²) in [4.78, 5) is 4.46. The molecule has 0 spiro atoms. The third-order valence-corrected chi connectivity index (χ3v) is 4.96. The summed E-state index contributed by atoms with van der Waals surface area (Å²) in [5.41, 5.74) is 3.37. The maximum atomic E-state index is 6.04. The highest BCUT2D eigenvalue weighted by Gasteiger charge is 2.27. The molecule has 0 aliphatic rings. The first kappa shape index (κ1) is 16.0. The number of nitrogens with zero attached hydrogens (tertiary/aromatic N) is 2. The number of halogens is 1. The summed E-state index contributed by atoms with van der Waals surface area (Å²) in [7, 11) is 0. The lowest BCUT2D eigenvalue weighted by molar-refractivity contribution is 0.304. The van der Waals surface area contributed by atoms with Gasteiger partial charge in [-0.2, -0.15) is 0 Å². The van der Waals surface area contributed by atoms with Crippen LogP contribution >= 0.6 is 11.6 Å². The first-order chi connectivity index (χ1) is 11.2. The summed E-state index contributed by atoms with van der Waals surface area (Å²) in [6.07, 6.45) is 6.03. The molecule has 0 saturated heterocycles. The molecule has 2 heterocycles. The fourth-order valence-corrected chi connectivity index (χ4v) is 3.28.